The number of anilines is 1. The van der Waals surface area contributed by atoms with E-state index in [0.717, 1.165) is 16.0 Å². The molecule has 0 aliphatic rings. The highest BCUT2D eigenvalue weighted by atomic mass is 32.1. The summed E-state index contributed by atoms with van der Waals surface area (Å²) >= 11 is 1.61. The normalized spacial score (nSPS) is 10.7. The number of carboxylic acids is 1. The Bertz CT molecular complexity index is 816. The van der Waals surface area contributed by atoms with Crippen molar-refractivity contribution in [2.45, 2.75) is 13.5 Å². The quantitative estimate of drug-likeness (QED) is 0.770. The summed E-state index contributed by atoms with van der Waals surface area (Å²) in [5.41, 5.74) is 0.870. The van der Waals surface area contributed by atoms with Gasteiger partial charge in [0, 0.05) is 11.1 Å². The fourth-order valence-corrected chi connectivity index (χ4v) is 2.85. The van der Waals surface area contributed by atoms with Gasteiger partial charge >= 0.3 is 5.97 Å². The van der Waals surface area contributed by atoms with Crippen LogP contribution in [-0.2, 0) is 6.54 Å². The number of thiophene rings is 1. The summed E-state index contributed by atoms with van der Waals surface area (Å²) in [6, 6.07) is 5.05. The Morgan fingerprint density at radius 3 is 3.00 bits per heavy atom. The van der Waals surface area contributed by atoms with Crippen molar-refractivity contribution < 1.29 is 9.90 Å². The average molecular weight is 300 g/mol. The van der Waals surface area contributed by atoms with Gasteiger partial charge in [-0.25, -0.2) is 14.8 Å². The minimum atomic E-state index is -0.962. The number of nitrogens with zero attached hydrogens (tertiary/aromatic N) is 3. The average Bonchev–Trinajstić information content (AvgIpc) is 2.86. The lowest BCUT2D eigenvalue weighted by molar-refractivity contribution is 0.0696. The molecule has 0 saturated carbocycles. The molecule has 0 aromatic carbocycles. The van der Waals surface area contributed by atoms with Crippen LogP contribution in [-0.4, -0.2) is 26.0 Å². The summed E-state index contributed by atoms with van der Waals surface area (Å²) in [5, 5.41) is 13.1. The van der Waals surface area contributed by atoms with E-state index in [-0.39, 0.29) is 5.56 Å². The molecule has 0 amide bonds. The number of pyridine rings is 1. The molecule has 3 rings (SSSR count). The van der Waals surface area contributed by atoms with E-state index in [4.69, 9.17) is 5.11 Å². The third kappa shape index (κ3) is 2.82. The van der Waals surface area contributed by atoms with Crippen molar-refractivity contribution in [3.8, 4) is 0 Å². The molecule has 3 aromatic heterocycles. The zero-order valence-corrected chi connectivity index (χ0v) is 12.0. The predicted octanol–water partition coefficient (Wildman–Crippen LogP) is 2.71. The number of fused-ring (bicyclic) bond motifs is 1. The van der Waals surface area contributed by atoms with Crippen molar-refractivity contribution in [1.82, 2.24) is 15.0 Å². The van der Waals surface area contributed by atoms with E-state index in [1.54, 1.807) is 17.4 Å². The smallest absolute Gasteiger partial charge is 0.335 e. The van der Waals surface area contributed by atoms with Gasteiger partial charge < -0.3 is 10.4 Å². The van der Waals surface area contributed by atoms with Crippen LogP contribution in [0.3, 0.4) is 0 Å². The Hall–Kier alpha value is -2.54. The third-order valence-corrected chi connectivity index (χ3v) is 3.91. The molecule has 0 spiro atoms. The predicted molar refractivity (Wildman–Crippen MR) is 80.7 cm³/mol. The molecule has 0 unspecified atom stereocenters. The Morgan fingerprint density at radius 1 is 1.33 bits per heavy atom. The van der Waals surface area contributed by atoms with E-state index in [2.05, 4.69) is 20.3 Å². The lowest BCUT2D eigenvalue weighted by Gasteiger charge is -2.06. The number of nitrogens with one attached hydrogen (secondary N) is 1. The minimum Gasteiger partial charge on any atom is -0.478 e. The third-order valence-electron chi connectivity index (χ3n) is 2.95. The monoisotopic (exact) mass is 300 g/mol. The van der Waals surface area contributed by atoms with Crippen molar-refractivity contribution in [2.24, 2.45) is 0 Å². The fourth-order valence-electron chi connectivity index (χ4n) is 2.00. The number of hydrogen-bond donors (Lipinski definition) is 2. The SMILES string of the molecule is Cc1cc2c(NCc3cc(C(=O)O)ccn3)ncnc2s1. The first-order chi connectivity index (χ1) is 10.1. The number of carboxylic acid groups (broad SMARTS) is 1. The Labute approximate surface area is 124 Å². The van der Waals surface area contributed by atoms with Crippen LogP contribution in [0.4, 0.5) is 5.82 Å². The lowest BCUT2D eigenvalue weighted by Crippen LogP contribution is -2.05. The highest BCUT2D eigenvalue weighted by Crippen LogP contribution is 2.27. The molecule has 7 heteroatoms. The number of rotatable bonds is 4. The van der Waals surface area contributed by atoms with E-state index in [0.29, 0.717) is 12.2 Å². The van der Waals surface area contributed by atoms with Crippen molar-refractivity contribution >= 4 is 33.3 Å². The van der Waals surface area contributed by atoms with Crippen LogP contribution in [0.1, 0.15) is 20.9 Å². The molecule has 0 aliphatic carbocycles. The Kier molecular flexibility index (Phi) is 3.49. The molecular formula is C14H12N4O2S. The second-order valence-electron chi connectivity index (χ2n) is 4.49. The van der Waals surface area contributed by atoms with Crippen LogP contribution in [0.2, 0.25) is 0 Å². The van der Waals surface area contributed by atoms with Gasteiger partial charge in [-0.05, 0) is 25.1 Å². The zero-order valence-electron chi connectivity index (χ0n) is 11.2. The van der Waals surface area contributed by atoms with E-state index in [1.807, 2.05) is 13.0 Å². The number of carbonyl (C=O) groups is 1. The van der Waals surface area contributed by atoms with Gasteiger partial charge in [-0.2, -0.15) is 0 Å². The molecule has 0 bridgehead atoms. The fraction of sp³-hybridized carbons (Fsp3) is 0.143. The second kappa shape index (κ2) is 5.45. The maximum absolute atomic E-state index is 10.9. The topological polar surface area (TPSA) is 88.0 Å². The van der Waals surface area contributed by atoms with Gasteiger partial charge in [0.1, 0.15) is 17.0 Å². The minimum absolute atomic E-state index is 0.223. The maximum Gasteiger partial charge on any atom is 0.335 e. The van der Waals surface area contributed by atoms with Gasteiger partial charge in [0.25, 0.3) is 0 Å². The molecule has 0 aliphatic heterocycles. The van der Waals surface area contributed by atoms with Crippen molar-refractivity contribution in [3.63, 3.8) is 0 Å². The van der Waals surface area contributed by atoms with Crippen molar-refractivity contribution in [3.05, 3.63) is 46.9 Å². The summed E-state index contributed by atoms with van der Waals surface area (Å²) in [6.45, 7) is 2.43. The number of aromatic carboxylic acids is 1. The van der Waals surface area contributed by atoms with Crippen LogP contribution < -0.4 is 5.32 Å². The molecule has 106 valence electrons. The summed E-state index contributed by atoms with van der Waals surface area (Å²) < 4.78 is 0. The van der Waals surface area contributed by atoms with Crippen LogP contribution in [0, 0.1) is 6.92 Å². The maximum atomic E-state index is 10.9. The molecule has 0 fully saturated rings. The summed E-state index contributed by atoms with van der Waals surface area (Å²) in [5.74, 6) is -0.233. The molecule has 3 aromatic rings. The first kappa shape index (κ1) is 13.4. The Balaban J connectivity index is 1.83. The van der Waals surface area contributed by atoms with Gasteiger partial charge in [-0.15, -0.1) is 11.3 Å². The molecule has 2 N–H and O–H groups in total. The molecular weight excluding hydrogens is 288 g/mol. The summed E-state index contributed by atoms with van der Waals surface area (Å²) in [4.78, 5) is 25.6. The zero-order chi connectivity index (χ0) is 14.8. The standard InChI is InChI=1S/C14H12N4O2S/c1-8-4-11-12(17-7-18-13(11)21-8)16-6-10-5-9(14(19)20)2-3-15-10/h2-5,7H,6H2,1H3,(H,19,20)(H,16,17,18). The van der Waals surface area contributed by atoms with Crippen molar-refractivity contribution in [1.29, 1.82) is 0 Å². The number of hydrogen-bond acceptors (Lipinski definition) is 6. The van der Waals surface area contributed by atoms with E-state index in [1.165, 1.54) is 23.5 Å². The Morgan fingerprint density at radius 2 is 2.19 bits per heavy atom. The second-order valence-corrected chi connectivity index (χ2v) is 5.73. The van der Waals surface area contributed by atoms with Gasteiger partial charge in [-0.1, -0.05) is 0 Å². The molecule has 3 heterocycles. The summed E-state index contributed by atoms with van der Waals surface area (Å²) in [6.07, 6.45) is 3.01. The van der Waals surface area contributed by atoms with Gasteiger partial charge in [0.05, 0.1) is 23.2 Å². The lowest BCUT2D eigenvalue weighted by atomic mass is 10.2. The molecule has 0 atom stereocenters. The molecule has 6 nitrogen and oxygen atoms in total. The largest absolute Gasteiger partial charge is 0.478 e. The molecule has 0 radical (unpaired) electrons. The summed E-state index contributed by atoms with van der Waals surface area (Å²) in [7, 11) is 0. The molecule has 21 heavy (non-hydrogen) atoms. The number of aromatic nitrogens is 3. The molecule has 0 saturated heterocycles. The first-order valence-electron chi connectivity index (χ1n) is 6.27. The van der Waals surface area contributed by atoms with Crippen molar-refractivity contribution in [2.75, 3.05) is 5.32 Å². The van der Waals surface area contributed by atoms with Crippen LogP contribution in [0.15, 0.2) is 30.7 Å². The van der Waals surface area contributed by atoms with Crippen LogP contribution in [0.25, 0.3) is 10.2 Å². The van der Waals surface area contributed by atoms with E-state index < -0.39 is 5.97 Å². The van der Waals surface area contributed by atoms with Gasteiger partial charge in [-0.3, -0.25) is 4.98 Å². The van der Waals surface area contributed by atoms with Crippen LogP contribution >= 0.6 is 11.3 Å². The highest BCUT2D eigenvalue weighted by Gasteiger charge is 2.08. The van der Waals surface area contributed by atoms with Crippen LogP contribution in [0.5, 0.6) is 0 Å². The van der Waals surface area contributed by atoms with Gasteiger partial charge in [0.15, 0.2) is 0 Å². The van der Waals surface area contributed by atoms with E-state index in [9.17, 15) is 4.79 Å². The highest BCUT2D eigenvalue weighted by molar-refractivity contribution is 7.18. The van der Waals surface area contributed by atoms with E-state index >= 15 is 0 Å². The van der Waals surface area contributed by atoms with Gasteiger partial charge in [0.2, 0.25) is 0 Å². The number of aryl methyl sites for hydroxylation is 1. The first-order valence-corrected chi connectivity index (χ1v) is 7.08.